The van der Waals surface area contributed by atoms with Crippen molar-refractivity contribution in [3.63, 3.8) is 0 Å². The van der Waals surface area contributed by atoms with Crippen LogP contribution in [0.15, 0.2) is 149 Å². The van der Waals surface area contributed by atoms with Crippen LogP contribution in [-0.2, 0) is 9.59 Å². The molecule has 1 unspecified atom stereocenters. The normalized spacial score (nSPS) is 11.7. The second-order valence-corrected chi connectivity index (χ2v) is 12.8. The summed E-state index contributed by atoms with van der Waals surface area (Å²) in [5.74, 6) is -1.07. The van der Waals surface area contributed by atoms with Crippen LogP contribution < -0.4 is 20.9 Å². The van der Waals surface area contributed by atoms with Crippen LogP contribution in [0, 0.1) is 0 Å². The number of hydrogen-bond donors (Lipinski definition) is 3. The van der Waals surface area contributed by atoms with Crippen molar-refractivity contribution in [3.05, 3.63) is 160 Å². The minimum atomic E-state index is -0.569. The molecule has 0 aliphatic heterocycles. The zero-order valence-electron chi connectivity index (χ0n) is 25.8. The van der Waals surface area contributed by atoms with E-state index in [9.17, 15) is 14.4 Å². The number of anilines is 3. The fourth-order valence-corrected chi connectivity index (χ4v) is 6.09. The minimum absolute atomic E-state index is 0.0875. The van der Waals surface area contributed by atoms with Crippen LogP contribution >= 0.6 is 27.7 Å². The van der Waals surface area contributed by atoms with Gasteiger partial charge in [0.1, 0.15) is 10.9 Å². The standard InChI is InChI=1S/C38H33BrN4O3S/c1-43(2)30-22-20-26(21-23-30)24-34(42-36(44)28-14-7-4-8-15-28)37(45)40-29-16-11-17-31(25-29)47-35(27-12-5-3-6-13-27)38(46)41-33-19-10-9-18-32(33)39/h3-25,35H,1-2H3,(H,40,45)(H,41,46)(H,42,44)/b34-24+. The van der Waals surface area contributed by atoms with Gasteiger partial charge in [0.2, 0.25) is 5.91 Å². The molecule has 0 radical (unpaired) electrons. The van der Waals surface area contributed by atoms with E-state index in [1.165, 1.54) is 11.8 Å². The number of carbonyl (C=O) groups excluding carboxylic acids is 3. The van der Waals surface area contributed by atoms with Crippen LogP contribution in [0.25, 0.3) is 6.08 Å². The van der Waals surface area contributed by atoms with Gasteiger partial charge in [0, 0.05) is 40.4 Å². The van der Waals surface area contributed by atoms with Crippen molar-refractivity contribution in [1.82, 2.24) is 5.32 Å². The maximum atomic E-state index is 13.7. The van der Waals surface area contributed by atoms with Gasteiger partial charge in [-0.3, -0.25) is 14.4 Å². The lowest BCUT2D eigenvalue weighted by molar-refractivity contribution is -0.116. The van der Waals surface area contributed by atoms with E-state index in [1.807, 2.05) is 122 Å². The van der Waals surface area contributed by atoms with Crippen molar-refractivity contribution >= 4 is 68.6 Å². The molecular formula is C38H33BrN4O3S. The first-order valence-corrected chi connectivity index (χ1v) is 16.5. The SMILES string of the molecule is CN(C)c1ccc(/C=C(/NC(=O)c2ccccc2)C(=O)Nc2cccc(SC(C(=O)Nc3ccccc3Br)c3ccccc3)c2)cc1. The van der Waals surface area contributed by atoms with Crippen molar-refractivity contribution in [3.8, 4) is 0 Å². The molecule has 1 atom stereocenters. The molecule has 0 saturated carbocycles. The Hall–Kier alpha value is -5.12. The highest BCUT2D eigenvalue weighted by molar-refractivity contribution is 9.10. The lowest BCUT2D eigenvalue weighted by atomic mass is 10.1. The van der Waals surface area contributed by atoms with E-state index >= 15 is 0 Å². The smallest absolute Gasteiger partial charge is 0.272 e. The zero-order chi connectivity index (χ0) is 33.2. The van der Waals surface area contributed by atoms with Crippen LogP contribution in [0.5, 0.6) is 0 Å². The number of nitrogens with zero attached hydrogens (tertiary/aromatic N) is 1. The maximum Gasteiger partial charge on any atom is 0.272 e. The van der Waals surface area contributed by atoms with E-state index in [0.717, 1.165) is 26.2 Å². The number of benzene rings is 5. The Morgan fingerprint density at radius 3 is 2.09 bits per heavy atom. The number of rotatable bonds is 11. The monoisotopic (exact) mass is 704 g/mol. The molecule has 0 fully saturated rings. The molecule has 9 heteroatoms. The third-order valence-corrected chi connectivity index (χ3v) is 9.01. The van der Waals surface area contributed by atoms with Gasteiger partial charge in [-0.1, -0.05) is 78.9 Å². The molecule has 236 valence electrons. The number of carbonyl (C=O) groups is 3. The summed E-state index contributed by atoms with van der Waals surface area (Å²) < 4.78 is 0.784. The summed E-state index contributed by atoms with van der Waals surface area (Å²) in [5.41, 5.74) is 4.30. The van der Waals surface area contributed by atoms with Gasteiger partial charge in [0.05, 0.1) is 5.69 Å². The fraction of sp³-hybridized carbons (Fsp3) is 0.0789. The highest BCUT2D eigenvalue weighted by Gasteiger charge is 2.23. The summed E-state index contributed by atoms with van der Waals surface area (Å²) in [5, 5.41) is 8.18. The summed E-state index contributed by atoms with van der Waals surface area (Å²) in [6.07, 6.45) is 1.64. The van der Waals surface area contributed by atoms with Gasteiger partial charge in [0.15, 0.2) is 0 Å². The summed E-state index contributed by atoms with van der Waals surface area (Å²) in [4.78, 5) is 43.1. The summed E-state index contributed by atoms with van der Waals surface area (Å²) in [7, 11) is 3.90. The first-order valence-electron chi connectivity index (χ1n) is 14.8. The molecule has 0 aromatic heterocycles. The largest absolute Gasteiger partial charge is 0.378 e. The molecule has 0 aliphatic rings. The Labute approximate surface area is 287 Å². The van der Waals surface area contributed by atoms with Crippen molar-refractivity contribution in [2.75, 3.05) is 29.6 Å². The average molecular weight is 706 g/mol. The van der Waals surface area contributed by atoms with Crippen LogP contribution in [0.4, 0.5) is 17.1 Å². The molecule has 47 heavy (non-hydrogen) atoms. The minimum Gasteiger partial charge on any atom is -0.378 e. The molecule has 0 spiro atoms. The predicted octanol–water partition coefficient (Wildman–Crippen LogP) is 8.40. The van der Waals surface area contributed by atoms with Crippen LogP contribution in [-0.4, -0.2) is 31.8 Å². The molecule has 0 aliphatic carbocycles. The number of amides is 3. The number of halogens is 1. The van der Waals surface area contributed by atoms with E-state index in [2.05, 4.69) is 31.9 Å². The van der Waals surface area contributed by atoms with Crippen molar-refractivity contribution in [1.29, 1.82) is 0 Å². The van der Waals surface area contributed by atoms with Crippen molar-refractivity contribution < 1.29 is 14.4 Å². The second kappa shape index (κ2) is 15.9. The molecule has 0 heterocycles. The van der Waals surface area contributed by atoms with Crippen LogP contribution in [0.1, 0.15) is 26.7 Å². The summed E-state index contributed by atoms with van der Waals surface area (Å²) in [6, 6.07) is 40.7. The van der Waals surface area contributed by atoms with E-state index in [1.54, 1.807) is 36.4 Å². The highest BCUT2D eigenvalue weighted by Crippen LogP contribution is 2.38. The Balaban J connectivity index is 1.38. The van der Waals surface area contributed by atoms with Gasteiger partial charge in [-0.05, 0) is 87.7 Å². The molecule has 0 saturated heterocycles. The van der Waals surface area contributed by atoms with Gasteiger partial charge in [-0.25, -0.2) is 0 Å². The van der Waals surface area contributed by atoms with Crippen molar-refractivity contribution in [2.24, 2.45) is 0 Å². The molecule has 5 aromatic carbocycles. The average Bonchev–Trinajstić information content (AvgIpc) is 3.09. The molecule has 7 nitrogen and oxygen atoms in total. The number of nitrogens with one attached hydrogen (secondary N) is 3. The van der Waals surface area contributed by atoms with E-state index in [4.69, 9.17) is 0 Å². The van der Waals surface area contributed by atoms with Crippen LogP contribution in [0.3, 0.4) is 0 Å². The lowest BCUT2D eigenvalue weighted by Crippen LogP contribution is -2.30. The predicted molar refractivity (Wildman–Crippen MR) is 196 cm³/mol. The fourth-order valence-electron chi connectivity index (χ4n) is 4.62. The number of hydrogen-bond acceptors (Lipinski definition) is 5. The first-order chi connectivity index (χ1) is 22.8. The maximum absolute atomic E-state index is 13.7. The second-order valence-electron chi connectivity index (χ2n) is 10.7. The first kappa shape index (κ1) is 33.2. The highest BCUT2D eigenvalue weighted by atomic mass is 79.9. The molecule has 3 N–H and O–H groups in total. The summed E-state index contributed by atoms with van der Waals surface area (Å²) >= 11 is 4.88. The summed E-state index contributed by atoms with van der Waals surface area (Å²) in [6.45, 7) is 0. The Kier molecular flexibility index (Phi) is 11.3. The van der Waals surface area contributed by atoms with Gasteiger partial charge < -0.3 is 20.9 Å². The molecule has 3 amide bonds. The third-order valence-electron chi connectivity index (χ3n) is 7.07. The van der Waals surface area contributed by atoms with Crippen molar-refractivity contribution in [2.45, 2.75) is 10.1 Å². The van der Waals surface area contributed by atoms with Gasteiger partial charge in [-0.15, -0.1) is 11.8 Å². The van der Waals surface area contributed by atoms with Crippen LogP contribution in [0.2, 0.25) is 0 Å². The lowest BCUT2D eigenvalue weighted by Gasteiger charge is -2.18. The van der Waals surface area contributed by atoms with Gasteiger partial charge >= 0.3 is 0 Å². The van der Waals surface area contributed by atoms with Gasteiger partial charge in [0.25, 0.3) is 11.8 Å². The van der Waals surface area contributed by atoms with E-state index in [-0.39, 0.29) is 11.6 Å². The molecule has 5 rings (SSSR count). The Bertz CT molecular complexity index is 1880. The topological polar surface area (TPSA) is 90.5 Å². The van der Waals surface area contributed by atoms with E-state index < -0.39 is 17.1 Å². The number of thioether (sulfide) groups is 1. The van der Waals surface area contributed by atoms with Gasteiger partial charge in [-0.2, -0.15) is 0 Å². The molecule has 5 aromatic rings. The van der Waals surface area contributed by atoms with E-state index in [0.29, 0.717) is 16.9 Å². The number of para-hydroxylation sites is 1. The Morgan fingerprint density at radius 2 is 1.40 bits per heavy atom. The third kappa shape index (κ3) is 9.22. The zero-order valence-corrected chi connectivity index (χ0v) is 28.2. The molecular weight excluding hydrogens is 672 g/mol. The molecule has 0 bridgehead atoms. The quantitative estimate of drug-likeness (QED) is 0.0949. The Morgan fingerprint density at radius 1 is 0.745 bits per heavy atom.